The molecule has 1 aromatic rings. The van der Waals surface area contributed by atoms with E-state index in [1.165, 1.54) is 77.2 Å². The van der Waals surface area contributed by atoms with Crippen molar-refractivity contribution in [3.05, 3.63) is 27.8 Å². The minimum absolute atomic E-state index is 0.0638. The van der Waals surface area contributed by atoms with E-state index in [4.69, 9.17) is 4.42 Å². The number of aromatic hydroxyl groups is 1. The first-order chi connectivity index (χ1) is 13.8. The zero-order valence-corrected chi connectivity index (χ0v) is 19.1. The van der Waals surface area contributed by atoms with Crippen LogP contribution in [-0.2, 0) is 4.79 Å². The smallest absolute Gasteiger partial charge is 0.342 e. The minimum Gasteiger partial charge on any atom is -0.507 e. The summed E-state index contributed by atoms with van der Waals surface area (Å²) >= 11 is 0. The van der Waals surface area contributed by atoms with Crippen molar-refractivity contribution in [3.63, 3.8) is 0 Å². The van der Waals surface area contributed by atoms with Crippen molar-refractivity contribution in [1.82, 2.24) is 0 Å². The molecule has 0 bridgehead atoms. The van der Waals surface area contributed by atoms with Crippen molar-refractivity contribution in [2.45, 2.75) is 117 Å². The summed E-state index contributed by atoms with van der Waals surface area (Å²) in [5.41, 5.74) is -0.394. The van der Waals surface area contributed by atoms with Crippen LogP contribution in [0.5, 0.6) is 5.75 Å². The number of hydrogen-bond donors (Lipinski definition) is 1. The number of Topliss-reactive ketones (excluding diaryl/α,β-unsaturated/α-hetero) is 1. The molecule has 1 rings (SSSR count). The van der Waals surface area contributed by atoms with Gasteiger partial charge >= 0.3 is 5.63 Å². The van der Waals surface area contributed by atoms with E-state index in [9.17, 15) is 14.7 Å². The van der Waals surface area contributed by atoms with Crippen molar-refractivity contribution in [3.8, 4) is 5.75 Å². The van der Waals surface area contributed by atoms with E-state index < -0.39 is 11.5 Å². The van der Waals surface area contributed by atoms with Crippen LogP contribution in [-0.4, -0.2) is 10.9 Å². The molecule has 0 unspecified atom stereocenters. The molecule has 4 nitrogen and oxygen atoms in total. The van der Waals surface area contributed by atoms with Crippen LogP contribution in [0.3, 0.4) is 0 Å². The molecule has 166 valence electrons. The summed E-state index contributed by atoms with van der Waals surface area (Å²) in [6.07, 6.45) is 15.7. The Morgan fingerprint density at radius 1 is 0.897 bits per heavy atom. The number of carbonyl (C=O) groups is 1. The van der Waals surface area contributed by atoms with E-state index in [0.717, 1.165) is 18.8 Å². The molecule has 0 saturated heterocycles. The van der Waals surface area contributed by atoms with E-state index >= 15 is 0 Å². The predicted octanol–water partition coefficient (Wildman–Crippen LogP) is 7.05. The normalized spacial score (nSPS) is 12.4. The molecule has 0 saturated carbocycles. The minimum atomic E-state index is -0.574. The van der Waals surface area contributed by atoms with Crippen molar-refractivity contribution in [2.75, 3.05) is 0 Å². The quantitative estimate of drug-likeness (QED) is 0.299. The first-order valence-electron chi connectivity index (χ1n) is 11.7. The predicted molar refractivity (Wildman–Crippen MR) is 120 cm³/mol. The molecule has 0 radical (unpaired) electrons. The molecule has 0 aromatic carbocycles. The molecular weight excluding hydrogens is 364 g/mol. The largest absolute Gasteiger partial charge is 0.507 e. The van der Waals surface area contributed by atoms with Gasteiger partial charge in [0.25, 0.3) is 0 Å². The van der Waals surface area contributed by atoms with Gasteiger partial charge in [-0.25, -0.2) is 4.79 Å². The molecular formula is C25H42O4. The van der Waals surface area contributed by atoms with Gasteiger partial charge in [0.15, 0.2) is 0 Å². The Balaban J connectivity index is 2.05. The average molecular weight is 407 g/mol. The topological polar surface area (TPSA) is 67.5 Å². The Bertz CT molecular complexity index is 645. The van der Waals surface area contributed by atoms with Crippen molar-refractivity contribution in [1.29, 1.82) is 0 Å². The maximum Gasteiger partial charge on any atom is 0.342 e. The number of ketones is 1. The number of carbonyl (C=O) groups excluding carboxylic acids is 1. The van der Waals surface area contributed by atoms with Crippen molar-refractivity contribution in [2.24, 2.45) is 5.92 Å². The zero-order valence-electron chi connectivity index (χ0n) is 19.1. The van der Waals surface area contributed by atoms with E-state index in [-0.39, 0.29) is 22.9 Å². The Morgan fingerprint density at radius 2 is 1.38 bits per heavy atom. The third kappa shape index (κ3) is 10.7. The molecule has 1 atom stereocenters. The summed E-state index contributed by atoms with van der Waals surface area (Å²) in [5, 5.41) is 9.75. The molecule has 1 heterocycles. The number of rotatable bonds is 16. The summed E-state index contributed by atoms with van der Waals surface area (Å²) < 4.78 is 5.16. The van der Waals surface area contributed by atoms with E-state index in [1.54, 1.807) is 6.92 Å². The SMILES string of the molecule is Cc1c(O)cc([C@@H](C)C(=O)CCCCCCCCCCCCCC(C)C)oc1=O. The summed E-state index contributed by atoms with van der Waals surface area (Å²) in [6.45, 7) is 7.83. The fraction of sp³-hybridized carbons (Fsp3) is 0.760. The number of hydrogen-bond acceptors (Lipinski definition) is 4. The van der Waals surface area contributed by atoms with Gasteiger partial charge in [-0.1, -0.05) is 84.5 Å². The summed E-state index contributed by atoms with van der Waals surface area (Å²) in [7, 11) is 0. The second-order valence-electron chi connectivity index (χ2n) is 8.96. The van der Waals surface area contributed by atoms with E-state index in [0.29, 0.717) is 6.42 Å². The summed E-state index contributed by atoms with van der Waals surface area (Å²) in [6, 6.07) is 1.39. The maximum absolute atomic E-state index is 12.3. The highest BCUT2D eigenvalue weighted by Crippen LogP contribution is 2.23. The van der Waals surface area contributed by atoms with Crippen LogP contribution < -0.4 is 5.63 Å². The van der Waals surface area contributed by atoms with Crippen LogP contribution in [0, 0.1) is 12.8 Å². The summed E-state index contributed by atoms with van der Waals surface area (Å²) in [4.78, 5) is 24.0. The van der Waals surface area contributed by atoms with Gasteiger partial charge in [0.1, 0.15) is 17.3 Å². The van der Waals surface area contributed by atoms with Crippen LogP contribution in [0.2, 0.25) is 0 Å². The molecule has 0 amide bonds. The monoisotopic (exact) mass is 406 g/mol. The Kier molecular flexibility index (Phi) is 12.6. The molecule has 1 N–H and O–H groups in total. The standard InChI is InChI=1S/C25H42O4/c1-19(2)16-14-12-10-8-6-5-7-9-11-13-15-17-22(26)20(3)24-18-23(27)21(4)25(28)29-24/h18-20,27H,5-17H2,1-4H3/t20-/m0/s1. The molecule has 1 aromatic heterocycles. The highest BCUT2D eigenvalue weighted by Gasteiger charge is 2.19. The fourth-order valence-corrected chi connectivity index (χ4v) is 3.59. The molecule has 29 heavy (non-hydrogen) atoms. The lowest BCUT2D eigenvalue weighted by Gasteiger charge is -2.10. The lowest BCUT2D eigenvalue weighted by molar-refractivity contribution is -0.120. The molecule has 0 fully saturated rings. The Hall–Kier alpha value is -1.58. The summed E-state index contributed by atoms with van der Waals surface area (Å²) in [5.74, 6) is 0.563. The van der Waals surface area contributed by atoms with Crippen LogP contribution in [0.15, 0.2) is 15.3 Å². The first-order valence-corrected chi connectivity index (χ1v) is 11.7. The van der Waals surface area contributed by atoms with Crippen molar-refractivity contribution >= 4 is 5.78 Å². The van der Waals surface area contributed by atoms with Crippen LogP contribution in [0.25, 0.3) is 0 Å². The van der Waals surface area contributed by atoms with Gasteiger partial charge in [-0.3, -0.25) is 4.79 Å². The fourth-order valence-electron chi connectivity index (χ4n) is 3.59. The van der Waals surface area contributed by atoms with Crippen LogP contribution in [0.4, 0.5) is 0 Å². The second kappa shape index (κ2) is 14.4. The molecule has 0 aliphatic carbocycles. The molecule has 0 spiro atoms. The highest BCUT2D eigenvalue weighted by atomic mass is 16.4. The second-order valence-corrected chi connectivity index (χ2v) is 8.96. The molecule has 0 aliphatic rings. The van der Waals surface area contributed by atoms with Gasteiger partial charge in [-0.15, -0.1) is 0 Å². The van der Waals surface area contributed by atoms with Gasteiger partial charge in [-0.2, -0.15) is 0 Å². The van der Waals surface area contributed by atoms with Crippen LogP contribution in [0.1, 0.15) is 121 Å². The molecule has 4 heteroatoms. The van der Waals surface area contributed by atoms with Gasteiger partial charge < -0.3 is 9.52 Å². The Labute approximate surface area is 177 Å². The Morgan fingerprint density at radius 3 is 1.86 bits per heavy atom. The third-order valence-electron chi connectivity index (χ3n) is 5.79. The third-order valence-corrected chi connectivity index (χ3v) is 5.79. The van der Waals surface area contributed by atoms with Gasteiger partial charge in [-0.05, 0) is 26.2 Å². The van der Waals surface area contributed by atoms with Gasteiger partial charge in [0, 0.05) is 12.5 Å². The van der Waals surface area contributed by atoms with E-state index in [1.807, 2.05) is 0 Å². The highest BCUT2D eigenvalue weighted by molar-refractivity contribution is 5.84. The van der Waals surface area contributed by atoms with Crippen molar-refractivity contribution < 1.29 is 14.3 Å². The van der Waals surface area contributed by atoms with Gasteiger partial charge in [0.05, 0.1) is 11.5 Å². The van der Waals surface area contributed by atoms with Gasteiger partial charge in [0.2, 0.25) is 0 Å². The lowest BCUT2D eigenvalue weighted by Crippen LogP contribution is -2.13. The first kappa shape index (κ1) is 25.5. The molecule has 0 aliphatic heterocycles. The lowest BCUT2D eigenvalue weighted by atomic mass is 9.97. The van der Waals surface area contributed by atoms with E-state index in [2.05, 4.69) is 13.8 Å². The number of unbranched alkanes of at least 4 members (excludes halogenated alkanes) is 10. The average Bonchev–Trinajstić information content (AvgIpc) is 2.68. The zero-order chi connectivity index (χ0) is 21.6. The maximum atomic E-state index is 12.3. The van der Waals surface area contributed by atoms with Crippen LogP contribution >= 0.6 is 0 Å².